The van der Waals surface area contributed by atoms with E-state index >= 15 is 0 Å². The number of carbonyl (C=O) groups excluding carboxylic acids is 1. The van der Waals surface area contributed by atoms with Crippen molar-refractivity contribution in [2.45, 2.75) is 183 Å². The van der Waals surface area contributed by atoms with Crippen molar-refractivity contribution in [3.8, 4) is 0 Å². The van der Waals surface area contributed by atoms with Gasteiger partial charge in [-0.1, -0.05) is 20.3 Å². The van der Waals surface area contributed by atoms with E-state index in [9.17, 15) is 55.9 Å². The molecule has 0 radical (unpaired) electrons. The minimum absolute atomic E-state index is 0.0262. The van der Waals surface area contributed by atoms with Gasteiger partial charge in [-0.25, -0.2) is 0 Å². The molecule has 16 unspecified atom stereocenters. The molecule has 2 bridgehead atoms. The first kappa shape index (κ1) is 48.7. The van der Waals surface area contributed by atoms with Crippen molar-refractivity contribution in [2.24, 2.45) is 39.9 Å². The van der Waals surface area contributed by atoms with Crippen molar-refractivity contribution in [3.63, 3.8) is 0 Å². The summed E-state index contributed by atoms with van der Waals surface area (Å²) < 4.78 is 48.5. The minimum Gasteiger partial charge on any atom is -0.438 e. The van der Waals surface area contributed by atoms with Gasteiger partial charge in [0.1, 0.15) is 73.2 Å². The lowest BCUT2D eigenvalue weighted by atomic mass is 9.39. The summed E-state index contributed by atoms with van der Waals surface area (Å²) in [5, 5.41) is 107. The number of aliphatic hydroxyl groups is 10. The molecule has 3 aliphatic heterocycles. The molecule has 7 fully saturated rings. The predicted octanol–water partition coefficient (Wildman–Crippen LogP) is -1.55. The number of esters is 1. The number of hydrogen-bond acceptors (Lipinski definition) is 19. The van der Waals surface area contributed by atoms with Gasteiger partial charge >= 0.3 is 5.97 Å². The Bertz CT molecular complexity index is 1520. The first-order valence-electron chi connectivity index (χ1n) is 22.6. The second kappa shape index (κ2) is 18.8. The fourth-order valence-electron chi connectivity index (χ4n) is 14.1. The molecule has 7 aliphatic rings. The molecular weight excluding hydrogens is 820 g/mol. The molecule has 1 spiro atoms. The van der Waals surface area contributed by atoms with E-state index in [2.05, 4.69) is 13.8 Å². The molecule has 3 saturated heterocycles. The third-order valence-corrected chi connectivity index (χ3v) is 16.9. The predicted molar refractivity (Wildman–Crippen MR) is 211 cm³/mol. The fraction of sp³-hybridized carbons (Fsp3) is 0.977. The third kappa shape index (κ3) is 7.89. The van der Waals surface area contributed by atoms with Crippen LogP contribution in [-0.2, 0) is 42.7 Å². The van der Waals surface area contributed by atoms with E-state index < -0.39 is 123 Å². The molecule has 358 valence electrons. The van der Waals surface area contributed by atoms with Gasteiger partial charge < -0.3 is 89.0 Å². The monoisotopic (exact) mass is 892 g/mol. The van der Waals surface area contributed by atoms with E-state index in [1.807, 2.05) is 13.8 Å². The zero-order chi connectivity index (χ0) is 45.1. The van der Waals surface area contributed by atoms with Gasteiger partial charge in [0.05, 0.1) is 36.9 Å². The zero-order valence-electron chi connectivity index (χ0n) is 36.5. The van der Waals surface area contributed by atoms with Gasteiger partial charge in [-0.15, -0.1) is 0 Å². The average Bonchev–Trinajstić information content (AvgIpc) is 3.37. The van der Waals surface area contributed by atoms with E-state index in [4.69, 9.17) is 37.9 Å². The van der Waals surface area contributed by atoms with Crippen LogP contribution in [0.1, 0.15) is 85.5 Å². The Morgan fingerprint density at radius 3 is 1.81 bits per heavy atom. The maximum Gasteiger partial charge on any atom is 0.314 e. The molecule has 23 atom stereocenters. The van der Waals surface area contributed by atoms with E-state index in [-0.39, 0.29) is 53.7 Å². The molecule has 3 heterocycles. The summed E-state index contributed by atoms with van der Waals surface area (Å²) in [7, 11) is 1.49. The van der Waals surface area contributed by atoms with Crippen LogP contribution in [0.5, 0.6) is 0 Å². The maximum absolute atomic E-state index is 13.8. The first-order chi connectivity index (χ1) is 29.4. The van der Waals surface area contributed by atoms with Gasteiger partial charge in [0, 0.05) is 13.7 Å². The van der Waals surface area contributed by atoms with E-state index in [1.54, 1.807) is 0 Å². The van der Waals surface area contributed by atoms with Crippen LogP contribution in [0.2, 0.25) is 0 Å². The Morgan fingerprint density at radius 1 is 0.677 bits per heavy atom. The molecular formula is C43H72O19. The summed E-state index contributed by atoms with van der Waals surface area (Å²) in [6.07, 6.45) is -17.7. The van der Waals surface area contributed by atoms with Gasteiger partial charge in [-0.3, -0.25) is 4.79 Å². The molecule has 19 heteroatoms. The third-order valence-electron chi connectivity index (χ3n) is 16.9. The number of ether oxygens (including phenoxy) is 8. The van der Waals surface area contributed by atoms with Crippen LogP contribution < -0.4 is 0 Å². The quantitative estimate of drug-likeness (QED) is 0.0698. The lowest BCUT2D eigenvalue weighted by Gasteiger charge is -2.66. The minimum atomic E-state index is -1.89. The van der Waals surface area contributed by atoms with Crippen LogP contribution in [-0.4, -0.2) is 195 Å². The van der Waals surface area contributed by atoms with Crippen LogP contribution in [0.25, 0.3) is 0 Å². The summed E-state index contributed by atoms with van der Waals surface area (Å²) in [6, 6.07) is 0. The molecule has 10 N–H and O–H groups in total. The van der Waals surface area contributed by atoms with Crippen molar-refractivity contribution < 1.29 is 93.8 Å². The molecule has 4 aliphatic carbocycles. The molecule has 0 amide bonds. The highest BCUT2D eigenvalue weighted by molar-refractivity contribution is 5.77. The van der Waals surface area contributed by atoms with Gasteiger partial charge in [0.15, 0.2) is 19.4 Å². The lowest BCUT2D eigenvalue weighted by Crippen LogP contribution is -2.68. The molecule has 0 aromatic carbocycles. The Hall–Kier alpha value is -1.21. The summed E-state index contributed by atoms with van der Waals surface area (Å²) in [6.45, 7) is 6.60. The highest BCUT2D eigenvalue weighted by Crippen LogP contribution is 2.76. The number of hydrogen-bond donors (Lipinski definition) is 10. The molecule has 7 rings (SSSR count). The van der Waals surface area contributed by atoms with Gasteiger partial charge in [0.25, 0.3) is 0 Å². The summed E-state index contributed by atoms with van der Waals surface area (Å²) >= 11 is 0. The highest BCUT2D eigenvalue weighted by atomic mass is 16.7. The first-order valence-corrected chi connectivity index (χ1v) is 22.6. The average molecular weight is 893 g/mol. The normalized spacial score (nSPS) is 52.9. The Morgan fingerprint density at radius 2 is 1.24 bits per heavy atom. The Balaban J connectivity index is 1.29. The van der Waals surface area contributed by atoms with Gasteiger partial charge in [-0.05, 0) is 99.7 Å². The number of aliphatic hydroxyl groups excluding tert-OH is 10. The molecule has 0 aromatic rings. The van der Waals surface area contributed by atoms with Crippen molar-refractivity contribution in [2.75, 3.05) is 40.3 Å². The van der Waals surface area contributed by atoms with E-state index in [0.717, 1.165) is 38.5 Å². The van der Waals surface area contributed by atoms with Crippen LogP contribution in [0, 0.1) is 39.9 Å². The Kier molecular flexibility index (Phi) is 14.8. The van der Waals surface area contributed by atoms with Crippen molar-refractivity contribution in [3.05, 3.63) is 0 Å². The fourth-order valence-corrected chi connectivity index (χ4v) is 14.1. The number of fused-ring (bicyclic) bond motifs is 3. The molecule has 4 saturated carbocycles. The van der Waals surface area contributed by atoms with Crippen LogP contribution in [0.4, 0.5) is 0 Å². The largest absolute Gasteiger partial charge is 0.438 e. The van der Waals surface area contributed by atoms with E-state index in [0.29, 0.717) is 19.4 Å². The molecule has 19 nitrogen and oxygen atoms in total. The smallest absolute Gasteiger partial charge is 0.314 e. The summed E-state index contributed by atoms with van der Waals surface area (Å²) in [4.78, 5) is 13.8. The topological polar surface area (TPSA) is 293 Å². The maximum atomic E-state index is 13.8. The molecule has 0 aromatic heterocycles. The van der Waals surface area contributed by atoms with Crippen LogP contribution >= 0.6 is 0 Å². The zero-order valence-corrected chi connectivity index (χ0v) is 36.5. The van der Waals surface area contributed by atoms with Crippen molar-refractivity contribution in [1.82, 2.24) is 0 Å². The van der Waals surface area contributed by atoms with Crippen molar-refractivity contribution in [1.29, 1.82) is 0 Å². The van der Waals surface area contributed by atoms with Crippen LogP contribution in [0.15, 0.2) is 0 Å². The second-order valence-corrected chi connectivity index (χ2v) is 19.8. The second-order valence-electron chi connectivity index (χ2n) is 19.8. The lowest BCUT2D eigenvalue weighted by molar-refractivity contribution is -0.373. The number of methoxy groups -OCH3 is 1. The SMILES string of the molecule is CCO[C@]12CC[C@H]3[C@]4(C)CCC[C@@](C)(C(=O)OCOC)[C@H]4CC[C@@]3(CC1C)[C@H]2CC1OC(CO)C(O)C(OC2OC(CO)C(O)C(O)C2O)C1OC1OC(CO)C(O)C(O)C1O. The summed E-state index contributed by atoms with van der Waals surface area (Å²) in [5.74, 6) is -0.249. The van der Waals surface area contributed by atoms with Crippen LogP contribution in [0.3, 0.4) is 0 Å². The van der Waals surface area contributed by atoms with Gasteiger partial charge in [0.2, 0.25) is 0 Å². The Labute approximate surface area is 362 Å². The molecule has 62 heavy (non-hydrogen) atoms. The van der Waals surface area contributed by atoms with E-state index in [1.165, 1.54) is 7.11 Å². The standard InChI is InChI=1S/C43H72O19/c1-6-57-43-13-9-26-40(3)10-7-11-41(4,39(54)56-19-55-5)25(40)8-12-42(26,15-20(43)2)27(43)14-21-35(61-37-33(52)31(50)28(47)22(16-44)59-37)36(30(49)24(18-46)58-21)62-38-34(53)32(51)29(48)23(17-45)60-38/h20-38,44-53H,6-19H2,1-5H3/t20?,21?,22?,23?,24?,25-,26-,27+,28?,29?,30?,31?,32?,33?,34?,35?,36?,37?,38?,40+,41+,42-,43+/m0/s1. The number of rotatable bonds is 14. The van der Waals surface area contributed by atoms with Crippen molar-refractivity contribution >= 4 is 5.97 Å². The number of carbonyl (C=O) groups is 1. The van der Waals surface area contributed by atoms with Gasteiger partial charge in [-0.2, -0.15) is 0 Å². The summed E-state index contributed by atoms with van der Waals surface area (Å²) in [5.41, 5.74) is -1.99. The highest BCUT2D eigenvalue weighted by Gasteiger charge is 2.73.